The van der Waals surface area contributed by atoms with E-state index in [1.807, 2.05) is 11.3 Å². The molecule has 2 fully saturated rings. The lowest BCUT2D eigenvalue weighted by Crippen LogP contribution is -2.53. The van der Waals surface area contributed by atoms with Crippen molar-refractivity contribution in [3.8, 4) is 0 Å². The van der Waals surface area contributed by atoms with Gasteiger partial charge in [-0.3, -0.25) is 0 Å². The summed E-state index contributed by atoms with van der Waals surface area (Å²) in [6, 6.07) is 0.754. The van der Waals surface area contributed by atoms with Crippen LogP contribution in [-0.4, -0.2) is 36.3 Å². The molecule has 1 aromatic heterocycles. The molecule has 5 heteroatoms. The molecule has 2 aliphatic rings. The molecule has 1 saturated heterocycles. The van der Waals surface area contributed by atoms with Crippen LogP contribution in [0.5, 0.6) is 0 Å². The van der Waals surface area contributed by atoms with Gasteiger partial charge in [-0.15, -0.1) is 11.3 Å². The van der Waals surface area contributed by atoms with E-state index in [1.54, 1.807) is 0 Å². The van der Waals surface area contributed by atoms with Crippen LogP contribution in [-0.2, 0) is 17.7 Å². The minimum absolute atomic E-state index is 0.0424. The van der Waals surface area contributed by atoms with E-state index in [0.717, 1.165) is 45.2 Å². The highest BCUT2D eigenvalue weighted by Gasteiger charge is 2.33. The fourth-order valence-corrected chi connectivity index (χ4v) is 4.04. The molecule has 2 heterocycles. The molecule has 118 valence electrons. The summed E-state index contributed by atoms with van der Waals surface area (Å²) >= 11 is 1.87. The monoisotopic (exact) mass is 309 g/mol. The number of morpholine rings is 1. The number of nitrogens with one attached hydrogen (secondary N) is 1. The van der Waals surface area contributed by atoms with Crippen LogP contribution < -0.4 is 10.2 Å². The van der Waals surface area contributed by atoms with Crippen molar-refractivity contribution in [2.24, 2.45) is 0 Å². The number of anilines is 1. The molecule has 0 aromatic carbocycles. The Hall–Kier alpha value is -0.650. The molecule has 0 radical (unpaired) electrons. The Labute approximate surface area is 131 Å². The lowest BCUT2D eigenvalue weighted by molar-refractivity contribution is 0.0643. The van der Waals surface area contributed by atoms with Crippen molar-refractivity contribution in [2.45, 2.75) is 64.6 Å². The Morgan fingerprint density at radius 1 is 1.43 bits per heavy atom. The number of aryl methyl sites for hydroxylation is 1. The van der Waals surface area contributed by atoms with Crippen LogP contribution >= 0.6 is 11.3 Å². The van der Waals surface area contributed by atoms with Crippen LogP contribution in [0.1, 0.15) is 50.6 Å². The van der Waals surface area contributed by atoms with Crippen molar-refractivity contribution in [3.05, 3.63) is 10.6 Å². The SMILES string of the molecule is CCCc1nc(N2CCOCC2(C)C)sc1CNC1CC1. The van der Waals surface area contributed by atoms with Crippen LogP contribution in [0.25, 0.3) is 0 Å². The zero-order chi connectivity index (χ0) is 14.9. The van der Waals surface area contributed by atoms with Gasteiger partial charge in [0.2, 0.25) is 0 Å². The number of thiazole rings is 1. The maximum Gasteiger partial charge on any atom is 0.186 e. The van der Waals surface area contributed by atoms with Gasteiger partial charge in [0.25, 0.3) is 0 Å². The van der Waals surface area contributed by atoms with Gasteiger partial charge in [0.05, 0.1) is 24.4 Å². The van der Waals surface area contributed by atoms with E-state index in [-0.39, 0.29) is 5.54 Å². The van der Waals surface area contributed by atoms with Gasteiger partial charge in [-0.1, -0.05) is 13.3 Å². The summed E-state index contributed by atoms with van der Waals surface area (Å²) in [4.78, 5) is 8.83. The van der Waals surface area contributed by atoms with E-state index >= 15 is 0 Å². The van der Waals surface area contributed by atoms with E-state index in [0.29, 0.717) is 0 Å². The highest BCUT2D eigenvalue weighted by atomic mass is 32.1. The first-order valence-corrected chi connectivity index (χ1v) is 8.99. The summed E-state index contributed by atoms with van der Waals surface area (Å²) in [7, 11) is 0. The Morgan fingerprint density at radius 3 is 2.90 bits per heavy atom. The Bertz CT molecular complexity index is 482. The number of aromatic nitrogens is 1. The Balaban J connectivity index is 1.78. The van der Waals surface area contributed by atoms with Crippen LogP contribution in [0.3, 0.4) is 0 Å². The molecule has 3 rings (SSSR count). The average molecular weight is 309 g/mol. The van der Waals surface area contributed by atoms with Crippen molar-refractivity contribution in [1.29, 1.82) is 0 Å². The van der Waals surface area contributed by atoms with Crippen molar-refractivity contribution < 1.29 is 4.74 Å². The van der Waals surface area contributed by atoms with Crippen molar-refractivity contribution in [3.63, 3.8) is 0 Å². The molecular weight excluding hydrogens is 282 g/mol. The van der Waals surface area contributed by atoms with Gasteiger partial charge in [0, 0.05) is 24.0 Å². The topological polar surface area (TPSA) is 37.4 Å². The Kier molecular flexibility index (Phi) is 4.52. The molecule has 0 atom stereocenters. The molecular formula is C16H27N3OS. The number of hydrogen-bond donors (Lipinski definition) is 1. The second-order valence-electron chi connectivity index (χ2n) is 6.79. The quantitative estimate of drug-likeness (QED) is 0.876. The second-order valence-corrected chi connectivity index (χ2v) is 7.85. The maximum atomic E-state index is 5.63. The highest BCUT2D eigenvalue weighted by Crippen LogP contribution is 2.33. The standard InChI is InChI=1S/C16H27N3OS/c1-4-5-13-14(10-17-12-6-7-12)21-15(18-13)19-8-9-20-11-16(19,2)3/h12,17H,4-11H2,1-3H3. The van der Waals surface area contributed by atoms with Crippen molar-refractivity contribution in [2.75, 3.05) is 24.7 Å². The average Bonchev–Trinajstić information content (AvgIpc) is 3.18. The lowest BCUT2D eigenvalue weighted by Gasteiger charge is -2.42. The van der Waals surface area contributed by atoms with Gasteiger partial charge in [-0.2, -0.15) is 0 Å². The number of nitrogens with zero attached hydrogens (tertiary/aromatic N) is 2. The van der Waals surface area contributed by atoms with Crippen molar-refractivity contribution >= 4 is 16.5 Å². The van der Waals surface area contributed by atoms with E-state index in [1.165, 1.54) is 28.5 Å². The predicted octanol–water partition coefficient (Wildman–Crippen LogP) is 2.96. The fraction of sp³-hybridized carbons (Fsp3) is 0.812. The predicted molar refractivity (Wildman–Crippen MR) is 88.2 cm³/mol. The summed E-state index contributed by atoms with van der Waals surface area (Å²) in [5.41, 5.74) is 1.34. The molecule has 1 N–H and O–H groups in total. The third-order valence-electron chi connectivity index (χ3n) is 4.26. The van der Waals surface area contributed by atoms with Crippen LogP contribution in [0.15, 0.2) is 0 Å². The van der Waals surface area contributed by atoms with Gasteiger partial charge in [0.15, 0.2) is 5.13 Å². The number of ether oxygens (including phenoxy) is 1. The first-order chi connectivity index (χ1) is 10.1. The molecule has 1 aliphatic carbocycles. The highest BCUT2D eigenvalue weighted by molar-refractivity contribution is 7.15. The number of rotatable bonds is 6. The summed E-state index contributed by atoms with van der Waals surface area (Å²) in [6.45, 7) is 10.2. The summed E-state index contributed by atoms with van der Waals surface area (Å²) < 4.78 is 5.63. The zero-order valence-electron chi connectivity index (χ0n) is 13.4. The van der Waals surface area contributed by atoms with E-state index in [2.05, 4.69) is 31.0 Å². The molecule has 1 aromatic rings. The Morgan fingerprint density at radius 2 is 2.24 bits per heavy atom. The normalized spacial score (nSPS) is 21.8. The van der Waals surface area contributed by atoms with Gasteiger partial charge >= 0.3 is 0 Å². The summed E-state index contributed by atoms with van der Waals surface area (Å²) in [5.74, 6) is 0. The molecule has 0 spiro atoms. The van der Waals surface area contributed by atoms with Gasteiger partial charge < -0.3 is 15.0 Å². The van der Waals surface area contributed by atoms with E-state index in [4.69, 9.17) is 9.72 Å². The van der Waals surface area contributed by atoms with Gasteiger partial charge in [-0.25, -0.2) is 4.98 Å². The first-order valence-electron chi connectivity index (χ1n) is 8.17. The summed E-state index contributed by atoms with van der Waals surface area (Å²) in [6.07, 6.45) is 4.92. The maximum absolute atomic E-state index is 5.63. The first kappa shape index (κ1) is 15.3. The van der Waals surface area contributed by atoms with Gasteiger partial charge in [-0.05, 0) is 33.1 Å². The molecule has 21 heavy (non-hydrogen) atoms. The smallest absolute Gasteiger partial charge is 0.186 e. The van der Waals surface area contributed by atoms with Crippen LogP contribution in [0.2, 0.25) is 0 Å². The molecule has 1 saturated carbocycles. The molecule has 0 amide bonds. The lowest BCUT2D eigenvalue weighted by atomic mass is 10.0. The van der Waals surface area contributed by atoms with Gasteiger partial charge in [0.1, 0.15) is 0 Å². The van der Waals surface area contributed by atoms with Crippen LogP contribution in [0.4, 0.5) is 5.13 Å². The second kappa shape index (κ2) is 6.23. The molecule has 1 aliphatic heterocycles. The van der Waals surface area contributed by atoms with E-state index < -0.39 is 0 Å². The zero-order valence-corrected chi connectivity index (χ0v) is 14.3. The third kappa shape index (κ3) is 3.58. The number of hydrogen-bond acceptors (Lipinski definition) is 5. The minimum atomic E-state index is 0.0424. The van der Waals surface area contributed by atoms with Crippen molar-refractivity contribution in [1.82, 2.24) is 10.3 Å². The largest absolute Gasteiger partial charge is 0.377 e. The molecule has 0 unspecified atom stereocenters. The molecule has 0 bridgehead atoms. The fourth-order valence-electron chi connectivity index (χ4n) is 2.79. The summed E-state index contributed by atoms with van der Waals surface area (Å²) in [5, 5.41) is 4.82. The molecule has 4 nitrogen and oxygen atoms in total. The van der Waals surface area contributed by atoms with Crippen LogP contribution in [0, 0.1) is 0 Å². The third-order valence-corrected chi connectivity index (χ3v) is 5.38. The van der Waals surface area contributed by atoms with E-state index in [9.17, 15) is 0 Å². The minimum Gasteiger partial charge on any atom is -0.377 e.